The van der Waals surface area contributed by atoms with Crippen LogP contribution < -0.4 is 5.32 Å². The highest BCUT2D eigenvalue weighted by Crippen LogP contribution is 2.50. The van der Waals surface area contributed by atoms with Crippen molar-refractivity contribution in [3.05, 3.63) is 0 Å². The van der Waals surface area contributed by atoms with E-state index in [1.54, 1.807) is 0 Å². The number of rotatable bonds is 2. The summed E-state index contributed by atoms with van der Waals surface area (Å²) in [6, 6.07) is 2.47. The molecule has 0 bridgehead atoms. The van der Waals surface area contributed by atoms with Crippen molar-refractivity contribution in [3.63, 3.8) is 0 Å². The van der Waals surface area contributed by atoms with Crippen LogP contribution >= 0.6 is 0 Å². The summed E-state index contributed by atoms with van der Waals surface area (Å²) in [5.41, 5.74) is -0.666. The molecule has 70 valence electrons. The topological polar surface area (TPSA) is 52.9 Å². The van der Waals surface area contributed by atoms with E-state index in [1.165, 1.54) is 0 Å². The molecule has 1 aliphatic carbocycles. The van der Waals surface area contributed by atoms with Gasteiger partial charge in [-0.15, -0.1) is 0 Å². The number of carbonyl (C=O) groups excluding carboxylic acids is 1. The third kappa shape index (κ3) is 1.13. The quantitative estimate of drug-likeness (QED) is 0.690. The maximum atomic E-state index is 11.6. The van der Waals surface area contributed by atoms with Gasteiger partial charge in [-0.05, 0) is 31.6 Å². The number of nitriles is 1. The Kier molecular flexibility index (Phi) is 1.80. The number of nitrogens with one attached hydrogen (secondary N) is 1. The van der Waals surface area contributed by atoms with Gasteiger partial charge in [0, 0.05) is 6.04 Å². The Bertz CT molecular complexity index is 277. The van der Waals surface area contributed by atoms with Crippen LogP contribution in [0.25, 0.3) is 0 Å². The van der Waals surface area contributed by atoms with E-state index in [1.807, 2.05) is 6.92 Å². The summed E-state index contributed by atoms with van der Waals surface area (Å²) in [6.07, 6.45) is 3.76. The largest absolute Gasteiger partial charge is 0.352 e. The predicted molar refractivity (Wildman–Crippen MR) is 47.6 cm³/mol. The number of carbonyl (C=O) groups is 1. The maximum absolute atomic E-state index is 11.6. The van der Waals surface area contributed by atoms with Crippen LogP contribution in [-0.4, -0.2) is 11.9 Å². The molecule has 1 amide bonds. The highest BCUT2D eigenvalue weighted by atomic mass is 16.2. The van der Waals surface area contributed by atoms with E-state index >= 15 is 0 Å². The third-order valence-corrected chi connectivity index (χ3v) is 3.28. The highest BCUT2D eigenvalue weighted by Gasteiger charge is 2.56. The van der Waals surface area contributed by atoms with E-state index in [0.717, 1.165) is 25.7 Å². The van der Waals surface area contributed by atoms with Crippen LogP contribution in [0.5, 0.6) is 0 Å². The molecule has 2 fully saturated rings. The van der Waals surface area contributed by atoms with Crippen molar-refractivity contribution < 1.29 is 4.79 Å². The molecule has 1 aliphatic heterocycles. The van der Waals surface area contributed by atoms with Crippen LogP contribution in [0.4, 0.5) is 0 Å². The van der Waals surface area contributed by atoms with E-state index < -0.39 is 5.41 Å². The van der Waals surface area contributed by atoms with Gasteiger partial charge in [-0.3, -0.25) is 4.79 Å². The lowest BCUT2D eigenvalue weighted by Crippen LogP contribution is -2.32. The van der Waals surface area contributed by atoms with Gasteiger partial charge in [0.15, 0.2) is 0 Å². The van der Waals surface area contributed by atoms with Crippen LogP contribution in [-0.2, 0) is 4.79 Å². The van der Waals surface area contributed by atoms with Gasteiger partial charge in [-0.1, -0.05) is 6.92 Å². The molecule has 0 aromatic carbocycles. The molecule has 1 saturated heterocycles. The molecule has 1 unspecified atom stereocenters. The van der Waals surface area contributed by atoms with Crippen LogP contribution in [0.1, 0.15) is 32.6 Å². The summed E-state index contributed by atoms with van der Waals surface area (Å²) in [4.78, 5) is 11.6. The van der Waals surface area contributed by atoms with E-state index in [2.05, 4.69) is 11.4 Å². The molecular weight excluding hydrogens is 164 g/mol. The average molecular weight is 178 g/mol. The molecule has 3 heteroatoms. The zero-order valence-electron chi connectivity index (χ0n) is 7.84. The fourth-order valence-corrected chi connectivity index (χ4v) is 2.21. The average Bonchev–Trinajstić information content (AvgIpc) is 2.92. The zero-order valence-corrected chi connectivity index (χ0v) is 7.84. The van der Waals surface area contributed by atoms with Crippen molar-refractivity contribution in [1.82, 2.24) is 5.32 Å². The minimum absolute atomic E-state index is 0.0237. The summed E-state index contributed by atoms with van der Waals surface area (Å²) in [6.45, 7) is 2.05. The number of hydrogen-bond donors (Lipinski definition) is 1. The van der Waals surface area contributed by atoms with Gasteiger partial charge in [0.25, 0.3) is 0 Å². The Morgan fingerprint density at radius 1 is 1.69 bits per heavy atom. The lowest BCUT2D eigenvalue weighted by Gasteiger charge is -2.15. The van der Waals surface area contributed by atoms with Gasteiger partial charge in [0.05, 0.1) is 6.07 Å². The fraction of sp³-hybridized carbons (Fsp3) is 0.800. The predicted octanol–water partition coefficient (Wildman–Crippen LogP) is 1.20. The minimum Gasteiger partial charge on any atom is -0.352 e. The van der Waals surface area contributed by atoms with Crippen molar-refractivity contribution >= 4 is 5.91 Å². The second kappa shape index (κ2) is 2.73. The Labute approximate surface area is 78.1 Å². The fourth-order valence-electron chi connectivity index (χ4n) is 2.21. The van der Waals surface area contributed by atoms with Crippen molar-refractivity contribution in [1.29, 1.82) is 5.26 Å². The van der Waals surface area contributed by atoms with Gasteiger partial charge >= 0.3 is 0 Å². The summed E-state index contributed by atoms with van der Waals surface area (Å²) in [5.74, 6) is 0.318. The normalized spacial score (nSPS) is 38.5. The van der Waals surface area contributed by atoms with Gasteiger partial charge < -0.3 is 5.32 Å². The SMILES string of the molecule is CC[C@H]1CC(C#N)(C2CC2)C(=O)N1. The first-order valence-corrected chi connectivity index (χ1v) is 4.95. The van der Waals surface area contributed by atoms with Crippen LogP contribution in [0, 0.1) is 22.7 Å². The maximum Gasteiger partial charge on any atom is 0.241 e. The summed E-state index contributed by atoms with van der Waals surface area (Å²) in [7, 11) is 0. The molecular formula is C10H14N2O. The van der Waals surface area contributed by atoms with E-state index in [9.17, 15) is 4.79 Å². The highest BCUT2D eigenvalue weighted by molar-refractivity contribution is 5.88. The molecule has 2 aliphatic rings. The summed E-state index contributed by atoms with van der Waals surface area (Å²) in [5, 5.41) is 12.0. The van der Waals surface area contributed by atoms with Gasteiger partial charge in [-0.25, -0.2) is 0 Å². The molecule has 1 N–H and O–H groups in total. The molecule has 2 atom stereocenters. The minimum atomic E-state index is -0.666. The molecule has 1 saturated carbocycles. The van der Waals surface area contributed by atoms with E-state index in [4.69, 9.17) is 5.26 Å². The first-order valence-electron chi connectivity index (χ1n) is 4.95. The molecule has 0 radical (unpaired) electrons. The molecule has 0 aromatic heterocycles. The number of hydrogen-bond acceptors (Lipinski definition) is 2. The third-order valence-electron chi connectivity index (χ3n) is 3.28. The van der Waals surface area contributed by atoms with Gasteiger partial charge in [-0.2, -0.15) is 5.26 Å². The molecule has 1 heterocycles. The lowest BCUT2D eigenvalue weighted by molar-refractivity contribution is -0.126. The van der Waals surface area contributed by atoms with Gasteiger partial charge in [0.1, 0.15) is 5.41 Å². The Hall–Kier alpha value is -1.04. The molecule has 0 aromatic rings. The van der Waals surface area contributed by atoms with Crippen LogP contribution in [0.3, 0.4) is 0 Å². The Morgan fingerprint density at radius 2 is 2.38 bits per heavy atom. The van der Waals surface area contributed by atoms with E-state index in [-0.39, 0.29) is 11.9 Å². The second-order valence-corrected chi connectivity index (χ2v) is 4.14. The Morgan fingerprint density at radius 3 is 2.77 bits per heavy atom. The van der Waals surface area contributed by atoms with Crippen molar-refractivity contribution in [2.45, 2.75) is 38.6 Å². The van der Waals surface area contributed by atoms with Crippen LogP contribution in [0.15, 0.2) is 0 Å². The molecule has 13 heavy (non-hydrogen) atoms. The summed E-state index contributed by atoms with van der Waals surface area (Å²) >= 11 is 0. The van der Waals surface area contributed by atoms with Crippen LogP contribution in [0.2, 0.25) is 0 Å². The summed E-state index contributed by atoms with van der Waals surface area (Å²) < 4.78 is 0. The lowest BCUT2D eigenvalue weighted by atomic mass is 9.81. The number of nitrogens with zero attached hydrogens (tertiary/aromatic N) is 1. The zero-order chi connectivity index (χ0) is 9.47. The standard InChI is InChI=1S/C10H14N2O/c1-2-8-5-10(6-11,7-3-4-7)9(13)12-8/h7-8H,2-5H2,1H3,(H,12,13)/t8-,10?/m0/s1. The first-order chi connectivity index (χ1) is 6.23. The van der Waals surface area contributed by atoms with E-state index in [0.29, 0.717) is 5.92 Å². The van der Waals surface area contributed by atoms with Crippen molar-refractivity contribution in [2.75, 3.05) is 0 Å². The molecule has 3 nitrogen and oxygen atoms in total. The smallest absolute Gasteiger partial charge is 0.241 e. The Balaban J connectivity index is 2.21. The second-order valence-electron chi connectivity index (χ2n) is 4.14. The van der Waals surface area contributed by atoms with Crippen molar-refractivity contribution in [3.8, 4) is 6.07 Å². The van der Waals surface area contributed by atoms with Gasteiger partial charge in [0.2, 0.25) is 5.91 Å². The molecule has 2 rings (SSSR count). The molecule has 0 spiro atoms. The monoisotopic (exact) mass is 178 g/mol. The van der Waals surface area contributed by atoms with Crippen molar-refractivity contribution in [2.24, 2.45) is 11.3 Å². The number of amides is 1. The first kappa shape index (κ1) is 8.55.